The molecule has 1 aliphatic rings. The van der Waals surface area contributed by atoms with E-state index in [1.54, 1.807) is 45.0 Å². The lowest BCUT2D eigenvalue weighted by atomic mass is 10.0. The molecule has 6 heteroatoms. The van der Waals surface area contributed by atoms with E-state index in [1.165, 1.54) is 4.90 Å². The van der Waals surface area contributed by atoms with Crippen LogP contribution in [-0.4, -0.2) is 40.9 Å². The van der Waals surface area contributed by atoms with Crippen molar-refractivity contribution in [3.8, 4) is 0 Å². The lowest BCUT2D eigenvalue weighted by molar-refractivity contribution is -0.128. The number of amides is 3. The minimum atomic E-state index is -0.904. The van der Waals surface area contributed by atoms with Crippen molar-refractivity contribution >= 4 is 23.4 Å². The second-order valence-corrected chi connectivity index (χ2v) is 8.21. The van der Waals surface area contributed by atoms with Gasteiger partial charge in [0, 0.05) is 5.69 Å². The Kier molecular flexibility index (Phi) is 6.08. The van der Waals surface area contributed by atoms with E-state index in [2.05, 4.69) is 5.32 Å². The SMILES string of the molecule is CCc1cccc(C)c1NC(=O)C(C)OCC(C)(C)N1C(=O)c2ccccc2C1=O. The molecule has 1 heterocycles. The van der Waals surface area contributed by atoms with Crippen molar-refractivity contribution < 1.29 is 19.1 Å². The van der Waals surface area contributed by atoms with Crippen LogP contribution in [0, 0.1) is 6.92 Å². The monoisotopic (exact) mass is 408 g/mol. The Labute approximate surface area is 177 Å². The maximum Gasteiger partial charge on any atom is 0.262 e. The third-order valence-electron chi connectivity index (χ3n) is 5.44. The molecular formula is C24H28N2O4. The summed E-state index contributed by atoms with van der Waals surface area (Å²) in [5, 5.41) is 2.96. The number of nitrogens with one attached hydrogen (secondary N) is 1. The van der Waals surface area contributed by atoms with Gasteiger partial charge in [-0.2, -0.15) is 0 Å². The van der Waals surface area contributed by atoms with E-state index >= 15 is 0 Å². The Morgan fingerprint density at radius 1 is 1.07 bits per heavy atom. The number of aryl methyl sites for hydroxylation is 2. The standard InChI is InChI=1S/C24H28N2O4/c1-6-17-11-9-10-15(2)20(17)25-21(27)16(3)30-14-24(4,5)26-22(28)18-12-7-8-13-19(18)23(26)29/h7-13,16H,6,14H2,1-5H3,(H,25,27). The van der Waals surface area contributed by atoms with Gasteiger partial charge in [0.25, 0.3) is 17.7 Å². The molecule has 1 unspecified atom stereocenters. The lowest BCUT2D eigenvalue weighted by Crippen LogP contribution is -2.51. The minimum absolute atomic E-state index is 0.0431. The summed E-state index contributed by atoms with van der Waals surface area (Å²) < 4.78 is 5.80. The number of nitrogens with zero attached hydrogens (tertiary/aromatic N) is 1. The van der Waals surface area contributed by atoms with Crippen LogP contribution in [0.4, 0.5) is 5.69 Å². The third-order valence-corrected chi connectivity index (χ3v) is 5.44. The summed E-state index contributed by atoms with van der Waals surface area (Å²) in [6.07, 6.45) is 0.0584. The van der Waals surface area contributed by atoms with Gasteiger partial charge in [0.2, 0.25) is 0 Å². The fraction of sp³-hybridized carbons (Fsp3) is 0.375. The molecule has 158 valence electrons. The normalized spacial score (nSPS) is 14.6. The zero-order chi connectivity index (χ0) is 22.1. The molecule has 3 rings (SSSR count). The van der Waals surface area contributed by atoms with Crippen molar-refractivity contribution in [2.75, 3.05) is 11.9 Å². The van der Waals surface area contributed by atoms with E-state index in [1.807, 2.05) is 32.0 Å². The first-order valence-electron chi connectivity index (χ1n) is 10.2. The molecule has 1 aliphatic heterocycles. The number of benzene rings is 2. The molecule has 3 amide bonds. The first kappa shape index (κ1) is 21.7. The van der Waals surface area contributed by atoms with Gasteiger partial charge in [-0.05, 0) is 57.4 Å². The third kappa shape index (κ3) is 4.00. The Balaban J connectivity index is 1.67. The van der Waals surface area contributed by atoms with Crippen LogP contribution in [0.3, 0.4) is 0 Å². The van der Waals surface area contributed by atoms with Gasteiger partial charge in [-0.15, -0.1) is 0 Å². The van der Waals surface area contributed by atoms with E-state index in [0.29, 0.717) is 11.1 Å². The number of ether oxygens (including phenoxy) is 1. The number of anilines is 1. The first-order chi connectivity index (χ1) is 14.2. The molecule has 0 aromatic heterocycles. The molecule has 2 aromatic carbocycles. The number of carbonyl (C=O) groups excluding carboxylic acids is 3. The maximum atomic E-state index is 12.8. The summed E-state index contributed by atoms with van der Waals surface area (Å²) in [7, 11) is 0. The van der Waals surface area contributed by atoms with Crippen molar-refractivity contribution in [2.45, 2.75) is 52.7 Å². The van der Waals surface area contributed by atoms with Gasteiger partial charge < -0.3 is 10.1 Å². The zero-order valence-electron chi connectivity index (χ0n) is 18.1. The molecule has 0 fully saturated rings. The fourth-order valence-electron chi connectivity index (χ4n) is 3.64. The molecule has 2 aromatic rings. The number of fused-ring (bicyclic) bond motifs is 1. The van der Waals surface area contributed by atoms with E-state index < -0.39 is 11.6 Å². The molecule has 0 saturated carbocycles. The summed E-state index contributed by atoms with van der Waals surface area (Å²) in [4.78, 5) is 39.4. The number of hydrogen-bond acceptors (Lipinski definition) is 4. The molecular weight excluding hydrogens is 380 g/mol. The summed E-state index contributed by atoms with van der Waals surface area (Å²) in [6.45, 7) is 9.21. The smallest absolute Gasteiger partial charge is 0.262 e. The van der Waals surface area contributed by atoms with Crippen LogP contribution in [0.1, 0.15) is 59.5 Å². The average Bonchev–Trinajstić information content (AvgIpc) is 2.99. The van der Waals surface area contributed by atoms with Crippen LogP contribution < -0.4 is 5.32 Å². The maximum absolute atomic E-state index is 12.8. The lowest BCUT2D eigenvalue weighted by Gasteiger charge is -2.34. The Bertz CT molecular complexity index is 961. The molecule has 0 bridgehead atoms. The Hall–Kier alpha value is -2.99. The largest absolute Gasteiger partial charge is 0.366 e. The molecule has 30 heavy (non-hydrogen) atoms. The number of para-hydroxylation sites is 1. The van der Waals surface area contributed by atoms with Gasteiger partial charge in [-0.1, -0.05) is 37.3 Å². The van der Waals surface area contributed by atoms with Gasteiger partial charge in [-0.25, -0.2) is 0 Å². The van der Waals surface area contributed by atoms with Gasteiger partial charge >= 0.3 is 0 Å². The molecule has 1 N–H and O–H groups in total. The predicted molar refractivity (Wildman–Crippen MR) is 116 cm³/mol. The van der Waals surface area contributed by atoms with Gasteiger partial charge in [0.05, 0.1) is 23.3 Å². The van der Waals surface area contributed by atoms with Gasteiger partial charge in [0.15, 0.2) is 0 Å². The Morgan fingerprint density at radius 2 is 1.67 bits per heavy atom. The fourth-order valence-corrected chi connectivity index (χ4v) is 3.64. The van der Waals surface area contributed by atoms with Crippen LogP contribution in [-0.2, 0) is 16.0 Å². The zero-order valence-corrected chi connectivity index (χ0v) is 18.1. The summed E-state index contributed by atoms with van der Waals surface area (Å²) in [6, 6.07) is 12.7. The van der Waals surface area contributed by atoms with E-state index in [9.17, 15) is 14.4 Å². The first-order valence-corrected chi connectivity index (χ1v) is 10.2. The highest BCUT2D eigenvalue weighted by atomic mass is 16.5. The summed E-state index contributed by atoms with van der Waals surface area (Å²) in [5.41, 5.74) is 2.74. The molecule has 6 nitrogen and oxygen atoms in total. The highest BCUT2D eigenvalue weighted by Gasteiger charge is 2.44. The van der Waals surface area contributed by atoms with E-state index in [0.717, 1.165) is 23.2 Å². The van der Waals surface area contributed by atoms with Crippen LogP contribution in [0.2, 0.25) is 0 Å². The molecule has 0 saturated heterocycles. The summed E-state index contributed by atoms with van der Waals surface area (Å²) >= 11 is 0. The van der Waals surface area contributed by atoms with E-state index in [4.69, 9.17) is 4.74 Å². The topological polar surface area (TPSA) is 75.7 Å². The number of rotatable bonds is 7. The summed E-state index contributed by atoms with van der Waals surface area (Å²) in [5.74, 6) is -0.945. The molecule has 1 atom stereocenters. The number of hydrogen-bond donors (Lipinski definition) is 1. The van der Waals surface area contributed by atoms with Crippen LogP contribution in [0.5, 0.6) is 0 Å². The number of imide groups is 1. The van der Waals surface area contributed by atoms with Crippen molar-refractivity contribution in [1.82, 2.24) is 4.90 Å². The van der Waals surface area contributed by atoms with Gasteiger partial charge in [-0.3, -0.25) is 19.3 Å². The van der Waals surface area contributed by atoms with Crippen molar-refractivity contribution in [3.63, 3.8) is 0 Å². The van der Waals surface area contributed by atoms with Gasteiger partial charge in [0.1, 0.15) is 6.10 Å². The quantitative estimate of drug-likeness (QED) is 0.703. The minimum Gasteiger partial charge on any atom is -0.366 e. The van der Waals surface area contributed by atoms with E-state index in [-0.39, 0.29) is 24.3 Å². The predicted octanol–water partition coefficient (Wildman–Crippen LogP) is 3.98. The molecule has 0 radical (unpaired) electrons. The van der Waals surface area contributed by atoms with Crippen molar-refractivity contribution in [3.05, 3.63) is 64.7 Å². The van der Waals surface area contributed by atoms with Crippen molar-refractivity contribution in [2.24, 2.45) is 0 Å². The van der Waals surface area contributed by atoms with Crippen LogP contribution in [0.15, 0.2) is 42.5 Å². The van der Waals surface area contributed by atoms with Crippen LogP contribution in [0.25, 0.3) is 0 Å². The highest BCUT2D eigenvalue weighted by Crippen LogP contribution is 2.30. The molecule has 0 spiro atoms. The highest BCUT2D eigenvalue weighted by molar-refractivity contribution is 6.21. The second-order valence-electron chi connectivity index (χ2n) is 8.21. The average molecular weight is 408 g/mol. The Morgan fingerprint density at radius 3 is 2.23 bits per heavy atom. The number of carbonyl (C=O) groups is 3. The molecule has 0 aliphatic carbocycles. The van der Waals surface area contributed by atoms with Crippen molar-refractivity contribution in [1.29, 1.82) is 0 Å². The second kappa shape index (κ2) is 8.40. The van der Waals surface area contributed by atoms with Crippen LogP contribution >= 0.6 is 0 Å².